The van der Waals surface area contributed by atoms with E-state index in [-0.39, 0.29) is 11.3 Å². The predicted molar refractivity (Wildman–Crippen MR) is 55.5 cm³/mol. The van der Waals surface area contributed by atoms with Crippen LogP contribution in [0.15, 0.2) is 0 Å². The summed E-state index contributed by atoms with van der Waals surface area (Å²) in [6, 6.07) is 0.0793. The number of nitrogens with one attached hydrogen (secondary N) is 2. The molecule has 2 unspecified atom stereocenters. The minimum Gasteiger partial charge on any atom is -0.316 e. The molecule has 82 valence electrons. The van der Waals surface area contributed by atoms with E-state index in [1.54, 1.807) is 0 Å². The van der Waals surface area contributed by atoms with Gasteiger partial charge in [-0.15, -0.1) is 0 Å². The second-order valence-corrected chi connectivity index (χ2v) is 6.40. The average molecular weight is 218 g/mol. The minimum absolute atomic E-state index is 0.0793. The van der Waals surface area contributed by atoms with Gasteiger partial charge in [-0.3, -0.25) is 0 Å². The lowest BCUT2D eigenvalue weighted by Gasteiger charge is -2.19. The van der Waals surface area contributed by atoms with E-state index in [0.29, 0.717) is 5.92 Å². The Hall–Kier alpha value is -0.130. The van der Waals surface area contributed by atoms with Crippen LogP contribution >= 0.6 is 0 Å². The lowest BCUT2D eigenvalue weighted by molar-refractivity contribution is 0.444. The van der Waals surface area contributed by atoms with Crippen LogP contribution in [-0.2, 0) is 10.0 Å². The SMILES string of the molecule is CC(NS(=O)(=O)C1CC1)C1CCNC1. The zero-order chi connectivity index (χ0) is 10.2. The van der Waals surface area contributed by atoms with Crippen LogP contribution in [0.1, 0.15) is 26.2 Å². The quantitative estimate of drug-likeness (QED) is 0.702. The van der Waals surface area contributed by atoms with E-state index in [4.69, 9.17) is 0 Å². The number of rotatable bonds is 4. The first-order chi connectivity index (χ1) is 6.59. The maximum absolute atomic E-state index is 11.6. The molecule has 14 heavy (non-hydrogen) atoms. The Balaban J connectivity index is 1.89. The van der Waals surface area contributed by atoms with Crippen LogP contribution in [0.25, 0.3) is 0 Å². The molecule has 1 aliphatic carbocycles. The number of hydrogen-bond acceptors (Lipinski definition) is 3. The molecule has 5 heteroatoms. The smallest absolute Gasteiger partial charge is 0.214 e. The molecule has 0 radical (unpaired) electrons. The largest absolute Gasteiger partial charge is 0.316 e. The molecule has 0 aromatic rings. The number of hydrogen-bond donors (Lipinski definition) is 2. The Labute approximate surface area is 85.5 Å². The highest BCUT2D eigenvalue weighted by molar-refractivity contribution is 7.90. The van der Waals surface area contributed by atoms with Crippen molar-refractivity contribution < 1.29 is 8.42 Å². The van der Waals surface area contributed by atoms with Crippen molar-refractivity contribution in [2.24, 2.45) is 5.92 Å². The Morgan fingerprint density at radius 1 is 1.36 bits per heavy atom. The van der Waals surface area contributed by atoms with Gasteiger partial charge in [-0.05, 0) is 45.2 Å². The highest BCUT2D eigenvalue weighted by atomic mass is 32.2. The molecule has 1 heterocycles. The van der Waals surface area contributed by atoms with Gasteiger partial charge in [0, 0.05) is 6.04 Å². The second-order valence-electron chi connectivity index (χ2n) is 4.40. The first kappa shape index (κ1) is 10.4. The highest BCUT2D eigenvalue weighted by Gasteiger charge is 2.37. The zero-order valence-electron chi connectivity index (χ0n) is 8.49. The third kappa shape index (κ3) is 2.27. The van der Waals surface area contributed by atoms with E-state index >= 15 is 0 Å². The number of sulfonamides is 1. The van der Waals surface area contributed by atoms with Crippen molar-refractivity contribution in [2.45, 2.75) is 37.5 Å². The molecule has 1 saturated carbocycles. The Morgan fingerprint density at radius 2 is 2.07 bits per heavy atom. The fourth-order valence-electron chi connectivity index (χ4n) is 1.93. The summed E-state index contributed by atoms with van der Waals surface area (Å²) >= 11 is 0. The van der Waals surface area contributed by atoms with Gasteiger partial charge in [0.05, 0.1) is 5.25 Å². The van der Waals surface area contributed by atoms with E-state index in [9.17, 15) is 8.42 Å². The normalized spacial score (nSPS) is 30.5. The zero-order valence-corrected chi connectivity index (χ0v) is 9.31. The third-order valence-electron chi connectivity index (χ3n) is 3.12. The van der Waals surface area contributed by atoms with Gasteiger partial charge < -0.3 is 5.32 Å². The fraction of sp³-hybridized carbons (Fsp3) is 1.00. The van der Waals surface area contributed by atoms with Gasteiger partial charge in [0.25, 0.3) is 0 Å². The standard InChI is InChI=1S/C9H18N2O2S/c1-7(8-4-5-10-6-8)11-14(12,13)9-2-3-9/h7-11H,2-6H2,1H3. The molecule has 0 aromatic heterocycles. The van der Waals surface area contributed by atoms with Crippen molar-refractivity contribution in [3.05, 3.63) is 0 Å². The van der Waals surface area contributed by atoms with Crippen molar-refractivity contribution in [1.29, 1.82) is 0 Å². The molecule has 0 spiro atoms. The molecule has 2 rings (SSSR count). The fourth-order valence-corrected chi connectivity index (χ4v) is 3.59. The van der Waals surface area contributed by atoms with Crippen LogP contribution in [0.2, 0.25) is 0 Å². The van der Waals surface area contributed by atoms with Crippen molar-refractivity contribution in [1.82, 2.24) is 10.0 Å². The first-order valence-corrected chi connectivity index (χ1v) is 6.86. The van der Waals surface area contributed by atoms with Crippen molar-refractivity contribution in [2.75, 3.05) is 13.1 Å². The van der Waals surface area contributed by atoms with Gasteiger partial charge in [0.1, 0.15) is 0 Å². The molecule has 2 atom stereocenters. The van der Waals surface area contributed by atoms with Gasteiger partial charge >= 0.3 is 0 Å². The Bertz CT molecular complexity index is 292. The first-order valence-electron chi connectivity index (χ1n) is 5.31. The summed E-state index contributed by atoms with van der Waals surface area (Å²) in [7, 11) is -3.00. The van der Waals surface area contributed by atoms with Crippen LogP contribution in [-0.4, -0.2) is 32.8 Å². The van der Waals surface area contributed by atoms with Gasteiger partial charge in [-0.1, -0.05) is 0 Å². The third-order valence-corrected chi connectivity index (χ3v) is 5.17. The molecular formula is C9H18N2O2S. The monoisotopic (exact) mass is 218 g/mol. The lowest BCUT2D eigenvalue weighted by atomic mass is 10.0. The van der Waals surface area contributed by atoms with Crippen molar-refractivity contribution in [3.63, 3.8) is 0 Å². The molecule has 0 amide bonds. The molecule has 1 aliphatic heterocycles. The summed E-state index contributed by atoms with van der Waals surface area (Å²) in [5.74, 6) is 0.462. The Morgan fingerprint density at radius 3 is 2.57 bits per heavy atom. The molecule has 0 bridgehead atoms. The van der Waals surface area contributed by atoms with E-state index in [2.05, 4.69) is 10.0 Å². The second kappa shape index (κ2) is 3.79. The summed E-state index contributed by atoms with van der Waals surface area (Å²) in [4.78, 5) is 0. The topological polar surface area (TPSA) is 58.2 Å². The van der Waals surface area contributed by atoms with Gasteiger partial charge in [-0.2, -0.15) is 0 Å². The molecule has 1 saturated heterocycles. The predicted octanol–water partition coefficient (Wildman–Crippen LogP) is 0.0662. The highest BCUT2D eigenvalue weighted by Crippen LogP contribution is 2.28. The molecular weight excluding hydrogens is 200 g/mol. The minimum atomic E-state index is -3.00. The summed E-state index contributed by atoms with van der Waals surface area (Å²) in [6.07, 6.45) is 2.75. The van der Waals surface area contributed by atoms with E-state index in [0.717, 1.165) is 32.4 Å². The van der Waals surface area contributed by atoms with Gasteiger partial charge in [0.2, 0.25) is 10.0 Å². The molecule has 2 N–H and O–H groups in total. The van der Waals surface area contributed by atoms with Crippen LogP contribution < -0.4 is 10.0 Å². The maximum Gasteiger partial charge on any atom is 0.214 e. The van der Waals surface area contributed by atoms with E-state index in [1.165, 1.54) is 0 Å². The van der Waals surface area contributed by atoms with Crippen LogP contribution in [0.5, 0.6) is 0 Å². The maximum atomic E-state index is 11.6. The lowest BCUT2D eigenvalue weighted by Crippen LogP contribution is -2.40. The van der Waals surface area contributed by atoms with E-state index in [1.807, 2.05) is 6.92 Å². The van der Waals surface area contributed by atoms with Crippen LogP contribution in [0, 0.1) is 5.92 Å². The molecule has 2 fully saturated rings. The molecule has 0 aromatic carbocycles. The van der Waals surface area contributed by atoms with Crippen molar-refractivity contribution in [3.8, 4) is 0 Å². The van der Waals surface area contributed by atoms with Gasteiger partial charge in [-0.25, -0.2) is 13.1 Å². The average Bonchev–Trinajstić information content (AvgIpc) is 2.82. The molecule has 4 nitrogen and oxygen atoms in total. The van der Waals surface area contributed by atoms with Crippen LogP contribution in [0.4, 0.5) is 0 Å². The Kier molecular flexibility index (Phi) is 2.81. The summed E-state index contributed by atoms with van der Waals surface area (Å²) < 4.78 is 26.0. The van der Waals surface area contributed by atoms with Crippen LogP contribution in [0.3, 0.4) is 0 Å². The van der Waals surface area contributed by atoms with E-state index < -0.39 is 10.0 Å². The summed E-state index contributed by atoms with van der Waals surface area (Å²) in [6.45, 7) is 3.92. The summed E-state index contributed by atoms with van der Waals surface area (Å²) in [5.41, 5.74) is 0. The summed E-state index contributed by atoms with van der Waals surface area (Å²) in [5, 5.41) is 3.15. The van der Waals surface area contributed by atoms with Gasteiger partial charge in [0.15, 0.2) is 0 Å². The molecule has 2 aliphatic rings. The van der Waals surface area contributed by atoms with Crippen molar-refractivity contribution >= 4 is 10.0 Å².